The second kappa shape index (κ2) is 7.96. The fourth-order valence-corrected chi connectivity index (χ4v) is 3.29. The van der Waals surface area contributed by atoms with Crippen LogP contribution in [-0.2, 0) is 20.6 Å². The molecule has 0 unspecified atom stereocenters. The standard InChI is InChI=1S/C20H18ClN7O2/c1-26-17-16(18(29)27(2)20(26)30)28(12-13-7-3-4-9-15(13)21)19(24-17)25-23-11-14-8-5-6-10-22-14/h3-11H,12H2,1-2H3,(H,24,25)/b23-11+. The van der Waals surface area contributed by atoms with Crippen LogP contribution in [-0.4, -0.2) is 29.9 Å². The first-order chi connectivity index (χ1) is 14.5. The molecule has 9 nitrogen and oxygen atoms in total. The fourth-order valence-electron chi connectivity index (χ4n) is 3.09. The maximum absolute atomic E-state index is 12.9. The molecular formula is C20H18ClN7O2. The molecule has 4 aromatic rings. The summed E-state index contributed by atoms with van der Waals surface area (Å²) in [5, 5.41) is 4.75. The second-order valence-corrected chi connectivity index (χ2v) is 7.02. The van der Waals surface area contributed by atoms with E-state index in [4.69, 9.17) is 11.6 Å². The van der Waals surface area contributed by atoms with Gasteiger partial charge < -0.3 is 0 Å². The van der Waals surface area contributed by atoms with Gasteiger partial charge in [-0.2, -0.15) is 10.1 Å². The summed E-state index contributed by atoms with van der Waals surface area (Å²) >= 11 is 6.33. The third-order valence-corrected chi connectivity index (χ3v) is 5.05. The second-order valence-electron chi connectivity index (χ2n) is 6.62. The van der Waals surface area contributed by atoms with Crippen molar-refractivity contribution >= 4 is 34.9 Å². The number of halogens is 1. The van der Waals surface area contributed by atoms with Gasteiger partial charge in [0.2, 0.25) is 5.95 Å². The average Bonchev–Trinajstić information content (AvgIpc) is 3.11. The van der Waals surface area contributed by atoms with E-state index in [0.717, 1.165) is 10.1 Å². The Labute approximate surface area is 175 Å². The van der Waals surface area contributed by atoms with Crippen molar-refractivity contribution in [2.75, 3.05) is 5.43 Å². The first-order valence-electron chi connectivity index (χ1n) is 9.07. The van der Waals surface area contributed by atoms with Gasteiger partial charge in [0.05, 0.1) is 18.5 Å². The van der Waals surface area contributed by atoms with Crippen LogP contribution in [0.15, 0.2) is 63.4 Å². The van der Waals surface area contributed by atoms with Gasteiger partial charge in [-0.15, -0.1) is 0 Å². The Hall–Kier alpha value is -3.72. The summed E-state index contributed by atoms with van der Waals surface area (Å²) in [6.07, 6.45) is 3.20. The number of hydrazone groups is 1. The number of rotatable bonds is 5. The normalized spacial score (nSPS) is 11.4. The van der Waals surface area contributed by atoms with E-state index in [2.05, 4.69) is 20.5 Å². The molecule has 0 bridgehead atoms. The number of aryl methyl sites for hydroxylation is 1. The minimum atomic E-state index is -0.460. The number of fused-ring (bicyclic) bond motifs is 1. The lowest BCUT2D eigenvalue weighted by molar-refractivity contribution is 0.702. The number of nitrogens with one attached hydrogen (secondary N) is 1. The predicted octanol–water partition coefficient (Wildman–Crippen LogP) is 1.98. The first-order valence-corrected chi connectivity index (χ1v) is 9.45. The number of hydrogen-bond acceptors (Lipinski definition) is 6. The highest BCUT2D eigenvalue weighted by atomic mass is 35.5. The highest BCUT2D eigenvalue weighted by Gasteiger charge is 2.19. The summed E-state index contributed by atoms with van der Waals surface area (Å²) in [7, 11) is 3.00. The Morgan fingerprint density at radius 3 is 2.60 bits per heavy atom. The summed E-state index contributed by atoms with van der Waals surface area (Å²) in [6, 6.07) is 12.8. The van der Waals surface area contributed by atoms with Crippen LogP contribution >= 0.6 is 11.6 Å². The van der Waals surface area contributed by atoms with Crippen LogP contribution in [0.2, 0.25) is 5.02 Å². The molecule has 0 spiro atoms. The lowest BCUT2D eigenvalue weighted by Gasteiger charge is -2.10. The van der Waals surface area contributed by atoms with Crippen molar-refractivity contribution in [1.82, 2.24) is 23.7 Å². The van der Waals surface area contributed by atoms with Gasteiger partial charge >= 0.3 is 5.69 Å². The molecule has 3 heterocycles. The van der Waals surface area contributed by atoms with Gasteiger partial charge in [0, 0.05) is 25.3 Å². The van der Waals surface area contributed by atoms with Crippen molar-refractivity contribution in [3.05, 3.63) is 85.8 Å². The topological polar surface area (TPSA) is 99.1 Å². The average molecular weight is 424 g/mol. The molecule has 0 fully saturated rings. The molecule has 0 radical (unpaired) electrons. The van der Waals surface area contributed by atoms with E-state index in [9.17, 15) is 9.59 Å². The Kier molecular flexibility index (Phi) is 5.20. The molecule has 0 amide bonds. The maximum atomic E-state index is 12.9. The number of hydrogen-bond donors (Lipinski definition) is 1. The molecule has 1 aromatic carbocycles. The number of aromatic nitrogens is 5. The number of pyridine rings is 1. The monoisotopic (exact) mass is 423 g/mol. The molecule has 30 heavy (non-hydrogen) atoms. The molecule has 10 heteroatoms. The Bertz CT molecular complexity index is 1370. The highest BCUT2D eigenvalue weighted by Crippen LogP contribution is 2.22. The van der Waals surface area contributed by atoms with Crippen molar-refractivity contribution in [3.63, 3.8) is 0 Å². The van der Waals surface area contributed by atoms with Gasteiger partial charge in [0.15, 0.2) is 11.2 Å². The zero-order valence-corrected chi connectivity index (χ0v) is 17.0. The van der Waals surface area contributed by atoms with Crippen LogP contribution in [0.1, 0.15) is 11.3 Å². The molecule has 3 aromatic heterocycles. The minimum absolute atomic E-state index is 0.255. The lowest BCUT2D eigenvalue weighted by Crippen LogP contribution is -2.37. The summed E-state index contributed by atoms with van der Waals surface area (Å²) in [5.74, 6) is 0.301. The summed E-state index contributed by atoms with van der Waals surface area (Å²) in [5.41, 5.74) is 3.93. The molecule has 0 saturated carbocycles. The largest absolute Gasteiger partial charge is 0.332 e. The molecule has 0 aliphatic rings. The zero-order chi connectivity index (χ0) is 21.3. The summed E-state index contributed by atoms with van der Waals surface area (Å²) < 4.78 is 4.04. The summed E-state index contributed by atoms with van der Waals surface area (Å²) in [4.78, 5) is 33.8. The Morgan fingerprint density at radius 1 is 1.10 bits per heavy atom. The third kappa shape index (κ3) is 3.50. The van der Waals surface area contributed by atoms with E-state index < -0.39 is 11.2 Å². The minimum Gasteiger partial charge on any atom is -0.298 e. The molecule has 4 rings (SSSR count). The molecular weight excluding hydrogens is 406 g/mol. The van der Waals surface area contributed by atoms with Crippen molar-refractivity contribution in [2.24, 2.45) is 19.2 Å². The van der Waals surface area contributed by atoms with Crippen molar-refractivity contribution in [2.45, 2.75) is 6.54 Å². The molecule has 0 atom stereocenters. The maximum Gasteiger partial charge on any atom is 0.332 e. The lowest BCUT2D eigenvalue weighted by atomic mass is 10.2. The predicted molar refractivity (Wildman–Crippen MR) is 116 cm³/mol. The van der Waals surface area contributed by atoms with E-state index >= 15 is 0 Å². The smallest absolute Gasteiger partial charge is 0.298 e. The molecule has 0 aliphatic carbocycles. The molecule has 1 N–H and O–H groups in total. The van der Waals surface area contributed by atoms with Crippen molar-refractivity contribution in [1.29, 1.82) is 0 Å². The van der Waals surface area contributed by atoms with Gasteiger partial charge in [-0.3, -0.25) is 23.5 Å². The quantitative estimate of drug-likeness (QED) is 0.391. The van der Waals surface area contributed by atoms with E-state index in [-0.39, 0.29) is 17.7 Å². The zero-order valence-electron chi connectivity index (χ0n) is 16.3. The van der Waals surface area contributed by atoms with Crippen LogP contribution in [0.3, 0.4) is 0 Å². The summed E-state index contributed by atoms with van der Waals surface area (Å²) in [6.45, 7) is 0.269. The first kappa shape index (κ1) is 19.6. The van der Waals surface area contributed by atoms with Crippen molar-refractivity contribution in [3.8, 4) is 0 Å². The number of anilines is 1. The van der Waals surface area contributed by atoms with Gasteiger partial charge in [0.1, 0.15) is 0 Å². The van der Waals surface area contributed by atoms with Crippen LogP contribution in [0.4, 0.5) is 5.95 Å². The van der Waals surface area contributed by atoms with Gasteiger partial charge in [0.25, 0.3) is 5.56 Å². The van der Waals surface area contributed by atoms with Crippen molar-refractivity contribution < 1.29 is 0 Å². The fraction of sp³-hybridized carbons (Fsp3) is 0.150. The Morgan fingerprint density at radius 2 is 1.87 bits per heavy atom. The van der Waals surface area contributed by atoms with Gasteiger partial charge in [-0.1, -0.05) is 35.9 Å². The van der Waals surface area contributed by atoms with E-state index in [1.807, 2.05) is 30.3 Å². The molecule has 0 saturated heterocycles. The van der Waals surface area contributed by atoms with Gasteiger partial charge in [-0.05, 0) is 23.8 Å². The molecule has 152 valence electrons. The number of imidazole rings is 1. The SMILES string of the molecule is Cn1c(=O)c2c(nc(N/N=C/c3ccccn3)n2Cc2ccccc2Cl)n(C)c1=O. The Balaban J connectivity index is 1.86. The van der Waals surface area contributed by atoms with Crippen LogP contribution in [0.5, 0.6) is 0 Å². The number of benzene rings is 1. The van der Waals surface area contributed by atoms with E-state index in [0.29, 0.717) is 16.7 Å². The number of nitrogens with zero attached hydrogens (tertiary/aromatic N) is 6. The highest BCUT2D eigenvalue weighted by molar-refractivity contribution is 6.31. The van der Waals surface area contributed by atoms with E-state index in [1.165, 1.54) is 17.8 Å². The van der Waals surface area contributed by atoms with Crippen LogP contribution in [0, 0.1) is 0 Å². The molecule has 0 aliphatic heterocycles. The van der Waals surface area contributed by atoms with Crippen LogP contribution < -0.4 is 16.7 Å². The third-order valence-electron chi connectivity index (χ3n) is 4.68. The van der Waals surface area contributed by atoms with Crippen LogP contribution in [0.25, 0.3) is 11.2 Å². The van der Waals surface area contributed by atoms with E-state index in [1.54, 1.807) is 29.9 Å². The van der Waals surface area contributed by atoms with Gasteiger partial charge in [-0.25, -0.2) is 10.2 Å².